The molecule has 1 saturated heterocycles. The van der Waals surface area contributed by atoms with Crippen LogP contribution in [0.2, 0.25) is 0 Å². The number of para-hydroxylation sites is 2. The van der Waals surface area contributed by atoms with E-state index in [2.05, 4.69) is 0 Å². The van der Waals surface area contributed by atoms with Crippen molar-refractivity contribution in [3.8, 4) is 0 Å². The number of hydrogen-bond acceptors (Lipinski definition) is 5. The first kappa shape index (κ1) is 15.4. The number of carbonyl (C=O) groups is 1. The van der Waals surface area contributed by atoms with Gasteiger partial charge in [0.25, 0.3) is 0 Å². The van der Waals surface area contributed by atoms with E-state index in [4.69, 9.17) is 4.42 Å². The average molecular weight is 350 g/mol. The number of oxazole rings is 1. The molecule has 1 aromatic carbocycles. The van der Waals surface area contributed by atoms with Crippen molar-refractivity contribution in [2.45, 2.75) is 37.9 Å². The zero-order valence-corrected chi connectivity index (χ0v) is 13.9. The third-order valence-corrected chi connectivity index (χ3v) is 6.45. The van der Waals surface area contributed by atoms with E-state index < -0.39 is 15.6 Å². The summed E-state index contributed by atoms with van der Waals surface area (Å²) in [5.41, 5.74) is 1.02. The zero-order chi connectivity index (χ0) is 16.9. The van der Waals surface area contributed by atoms with Crippen LogP contribution in [-0.2, 0) is 21.2 Å². The number of sulfone groups is 1. The van der Waals surface area contributed by atoms with Gasteiger partial charge in [-0.2, -0.15) is 0 Å². The van der Waals surface area contributed by atoms with E-state index in [0.717, 1.165) is 12.8 Å². The number of hydrogen-bond donors (Lipinski definition) is 0. The van der Waals surface area contributed by atoms with Crippen LogP contribution in [-0.4, -0.2) is 47.4 Å². The Bertz CT molecular complexity index is 954. The Hall–Kier alpha value is -2.09. The van der Waals surface area contributed by atoms with Crippen LogP contribution >= 0.6 is 0 Å². The van der Waals surface area contributed by atoms with Gasteiger partial charge >= 0.3 is 5.76 Å². The van der Waals surface area contributed by atoms with Gasteiger partial charge in [0.05, 0.1) is 17.0 Å². The lowest BCUT2D eigenvalue weighted by molar-refractivity contribution is -0.134. The molecule has 0 spiro atoms. The SMILES string of the molecule is O=C(Cn1c(=O)oc2ccccc21)N(C1CC1)[C@@H]1CCS(=O)(=O)C1. The second-order valence-corrected chi connectivity index (χ2v) is 8.74. The minimum atomic E-state index is -3.07. The van der Waals surface area contributed by atoms with Gasteiger partial charge < -0.3 is 9.32 Å². The lowest BCUT2D eigenvalue weighted by Gasteiger charge is -2.28. The van der Waals surface area contributed by atoms with Crippen LogP contribution in [0.1, 0.15) is 19.3 Å². The fourth-order valence-electron chi connectivity index (χ4n) is 3.43. The Balaban J connectivity index is 1.62. The van der Waals surface area contributed by atoms with Crippen LogP contribution in [0.4, 0.5) is 0 Å². The number of rotatable bonds is 4. The average Bonchev–Trinajstić information content (AvgIpc) is 3.22. The lowest BCUT2D eigenvalue weighted by Crippen LogP contribution is -2.45. The lowest BCUT2D eigenvalue weighted by atomic mass is 10.2. The van der Waals surface area contributed by atoms with Crippen molar-refractivity contribution in [3.05, 3.63) is 34.8 Å². The number of aromatic nitrogens is 1. The summed E-state index contributed by atoms with van der Waals surface area (Å²) in [5, 5.41) is 0. The highest BCUT2D eigenvalue weighted by Crippen LogP contribution is 2.32. The van der Waals surface area contributed by atoms with Gasteiger partial charge in [0.15, 0.2) is 15.4 Å². The van der Waals surface area contributed by atoms with E-state index in [0.29, 0.717) is 17.5 Å². The summed E-state index contributed by atoms with van der Waals surface area (Å²) < 4.78 is 30.0. The predicted molar refractivity (Wildman–Crippen MR) is 87.4 cm³/mol. The molecule has 8 heteroatoms. The molecule has 0 N–H and O–H groups in total. The van der Waals surface area contributed by atoms with Gasteiger partial charge in [0.2, 0.25) is 5.91 Å². The van der Waals surface area contributed by atoms with E-state index in [1.54, 1.807) is 29.2 Å². The van der Waals surface area contributed by atoms with Crippen LogP contribution in [0, 0.1) is 0 Å². The monoisotopic (exact) mass is 350 g/mol. The van der Waals surface area contributed by atoms with Gasteiger partial charge in [-0.25, -0.2) is 13.2 Å². The summed E-state index contributed by atoms with van der Waals surface area (Å²) >= 11 is 0. The van der Waals surface area contributed by atoms with Gasteiger partial charge in [-0.15, -0.1) is 0 Å². The van der Waals surface area contributed by atoms with Crippen LogP contribution in [0.3, 0.4) is 0 Å². The van der Waals surface area contributed by atoms with E-state index in [9.17, 15) is 18.0 Å². The molecule has 24 heavy (non-hydrogen) atoms. The van der Waals surface area contributed by atoms with Crippen molar-refractivity contribution in [1.29, 1.82) is 0 Å². The third-order valence-electron chi connectivity index (χ3n) is 4.70. The number of fused-ring (bicyclic) bond motifs is 1. The first-order chi connectivity index (χ1) is 11.4. The number of nitrogens with zero attached hydrogens (tertiary/aromatic N) is 2. The molecule has 0 bridgehead atoms. The van der Waals surface area contributed by atoms with Crippen molar-refractivity contribution >= 4 is 26.8 Å². The molecule has 2 fully saturated rings. The first-order valence-electron chi connectivity index (χ1n) is 8.04. The normalized spacial score (nSPS) is 22.8. The molecule has 1 aliphatic carbocycles. The summed E-state index contributed by atoms with van der Waals surface area (Å²) in [5.74, 6) is -0.633. The highest BCUT2D eigenvalue weighted by atomic mass is 32.2. The van der Waals surface area contributed by atoms with Crippen LogP contribution in [0.5, 0.6) is 0 Å². The molecule has 0 unspecified atom stereocenters. The fourth-order valence-corrected chi connectivity index (χ4v) is 5.14. The molecular formula is C16H18N2O5S. The topological polar surface area (TPSA) is 89.6 Å². The molecule has 1 atom stereocenters. The Morgan fingerprint density at radius 3 is 2.62 bits per heavy atom. The molecule has 1 amide bonds. The van der Waals surface area contributed by atoms with Gasteiger partial charge in [0.1, 0.15) is 6.54 Å². The molecule has 4 rings (SSSR count). The maximum absolute atomic E-state index is 12.8. The molecule has 0 radical (unpaired) electrons. The van der Waals surface area contributed by atoms with E-state index in [1.807, 2.05) is 0 Å². The van der Waals surface area contributed by atoms with E-state index in [1.165, 1.54) is 4.57 Å². The Morgan fingerprint density at radius 1 is 1.21 bits per heavy atom. The maximum Gasteiger partial charge on any atom is 0.420 e. The van der Waals surface area contributed by atoms with Crippen molar-refractivity contribution in [2.24, 2.45) is 0 Å². The third kappa shape index (κ3) is 2.75. The Labute approximate surface area is 138 Å². The summed E-state index contributed by atoms with van der Waals surface area (Å²) in [4.78, 5) is 26.5. The van der Waals surface area contributed by atoms with Crippen LogP contribution < -0.4 is 5.76 Å². The molecule has 1 aliphatic heterocycles. The van der Waals surface area contributed by atoms with Crippen molar-refractivity contribution < 1.29 is 17.6 Å². The molecule has 2 aliphatic rings. The second-order valence-electron chi connectivity index (χ2n) is 6.51. The molecule has 128 valence electrons. The number of carbonyl (C=O) groups excluding carboxylic acids is 1. The van der Waals surface area contributed by atoms with Crippen molar-refractivity contribution in [2.75, 3.05) is 11.5 Å². The highest BCUT2D eigenvalue weighted by Gasteiger charge is 2.42. The Kier molecular flexibility index (Phi) is 3.52. The van der Waals surface area contributed by atoms with Crippen molar-refractivity contribution in [1.82, 2.24) is 9.47 Å². The molecule has 2 aromatic rings. The smallest absolute Gasteiger partial charge is 0.408 e. The molecule has 7 nitrogen and oxygen atoms in total. The standard InChI is InChI=1S/C16H18N2O5S/c19-15(9-17-13-3-1-2-4-14(13)23-16(17)20)18(11-5-6-11)12-7-8-24(21,22)10-12/h1-4,11-12H,5-10H2/t12-/m1/s1. The zero-order valence-electron chi connectivity index (χ0n) is 13.1. The largest absolute Gasteiger partial charge is 0.420 e. The van der Waals surface area contributed by atoms with Gasteiger partial charge in [-0.1, -0.05) is 12.1 Å². The molecule has 1 aromatic heterocycles. The predicted octanol–water partition coefficient (Wildman–Crippen LogP) is 0.773. The quantitative estimate of drug-likeness (QED) is 0.813. The Morgan fingerprint density at radius 2 is 1.96 bits per heavy atom. The molecular weight excluding hydrogens is 332 g/mol. The fraction of sp³-hybridized carbons (Fsp3) is 0.500. The minimum Gasteiger partial charge on any atom is -0.408 e. The summed E-state index contributed by atoms with van der Waals surface area (Å²) in [6.45, 7) is -0.122. The first-order valence-corrected chi connectivity index (χ1v) is 9.87. The maximum atomic E-state index is 12.8. The van der Waals surface area contributed by atoms with Gasteiger partial charge in [0, 0.05) is 12.1 Å². The van der Waals surface area contributed by atoms with E-state index in [-0.39, 0.29) is 36.0 Å². The van der Waals surface area contributed by atoms with Gasteiger partial charge in [-0.05, 0) is 31.4 Å². The van der Waals surface area contributed by atoms with Gasteiger partial charge in [-0.3, -0.25) is 9.36 Å². The molecule has 1 saturated carbocycles. The second kappa shape index (κ2) is 5.47. The van der Waals surface area contributed by atoms with Crippen LogP contribution in [0.25, 0.3) is 11.1 Å². The summed E-state index contributed by atoms with van der Waals surface area (Å²) in [6.07, 6.45) is 2.26. The highest BCUT2D eigenvalue weighted by molar-refractivity contribution is 7.91. The van der Waals surface area contributed by atoms with Crippen LogP contribution in [0.15, 0.2) is 33.5 Å². The minimum absolute atomic E-state index is 0.0241. The summed E-state index contributed by atoms with van der Waals surface area (Å²) in [7, 11) is -3.07. The number of amides is 1. The molecule has 2 heterocycles. The summed E-state index contributed by atoms with van der Waals surface area (Å²) in [6, 6.07) is 6.78. The van der Waals surface area contributed by atoms with Crippen molar-refractivity contribution in [3.63, 3.8) is 0 Å². The number of benzene rings is 1. The van der Waals surface area contributed by atoms with E-state index >= 15 is 0 Å².